The molecular formula is C16H30N2O3. The molecule has 0 bridgehead atoms. The maximum atomic E-state index is 12.3. The van der Waals surface area contributed by atoms with E-state index in [0.717, 1.165) is 12.8 Å². The number of hydrogen-bond acceptors (Lipinski definition) is 3. The van der Waals surface area contributed by atoms with Crippen LogP contribution in [0.1, 0.15) is 59.8 Å². The summed E-state index contributed by atoms with van der Waals surface area (Å²) < 4.78 is 0. The second-order valence-corrected chi connectivity index (χ2v) is 6.17. The van der Waals surface area contributed by atoms with Gasteiger partial charge in [-0.3, -0.25) is 14.5 Å². The Bertz CT molecular complexity index is 359. The summed E-state index contributed by atoms with van der Waals surface area (Å²) in [5.74, 6) is -0.637. The molecule has 1 rings (SSSR count). The topological polar surface area (TPSA) is 69.6 Å². The first kappa shape index (κ1) is 18.0. The summed E-state index contributed by atoms with van der Waals surface area (Å²) in [5.41, 5.74) is -0.595. The van der Waals surface area contributed by atoms with Gasteiger partial charge in [-0.05, 0) is 39.0 Å². The number of carbonyl (C=O) groups is 2. The van der Waals surface area contributed by atoms with Crippen molar-refractivity contribution in [3.05, 3.63) is 0 Å². The van der Waals surface area contributed by atoms with Crippen molar-refractivity contribution in [3.63, 3.8) is 0 Å². The molecular weight excluding hydrogens is 268 g/mol. The Hall–Kier alpha value is -1.10. The zero-order valence-electron chi connectivity index (χ0n) is 13.8. The highest BCUT2D eigenvalue weighted by Crippen LogP contribution is 2.35. The molecule has 0 aliphatic carbocycles. The van der Waals surface area contributed by atoms with Gasteiger partial charge in [-0.15, -0.1) is 0 Å². The van der Waals surface area contributed by atoms with Crippen LogP contribution in [0, 0.1) is 5.41 Å². The summed E-state index contributed by atoms with van der Waals surface area (Å²) >= 11 is 0. The molecule has 0 radical (unpaired) electrons. The molecule has 0 saturated carbocycles. The third-order valence-electron chi connectivity index (χ3n) is 5.14. The van der Waals surface area contributed by atoms with Gasteiger partial charge in [-0.1, -0.05) is 20.8 Å². The maximum absolute atomic E-state index is 12.3. The summed E-state index contributed by atoms with van der Waals surface area (Å²) in [6.45, 7) is 9.35. The molecule has 1 saturated heterocycles. The number of nitrogens with one attached hydrogen (secondary N) is 1. The van der Waals surface area contributed by atoms with Crippen LogP contribution in [-0.4, -0.2) is 47.1 Å². The minimum absolute atomic E-state index is 0.0584. The van der Waals surface area contributed by atoms with E-state index in [4.69, 9.17) is 0 Å². The molecule has 1 heterocycles. The normalized spacial score (nSPS) is 20.2. The van der Waals surface area contributed by atoms with Crippen molar-refractivity contribution in [2.75, 3.05) is 13.1 Å². The highest BCUT2D eigenvalue weighted by Gasteiger charge is 2.41. The van der Waals surface area contributed by atoms with Gasteiger partial charge in [-0.25, -0.2) is 0 Å². The highest BCUT2D eigenvalue weighted by atomic mass is 16.4. The van der Waals surface area contributed by atoms with Gasteiger partial charge >= 0.3 is 5.97 Å². The second kappa shape index (κ2) is 7.78. The monoisotopic (exact) mass is 298 g/mol. The first-order valence-corrected chi connectivity index (χ1v) is 8.18. The van der Waals surface area contributed by atoms with Gasteiger partial charge in [-0.2, -0.15) is 0 Å². The average Bonchev–Trinajstić information content (AvgIpc) is 2.51. The highest BCUT2D eigenvalue weighted by molar-refractivity contribution is 5.81. The third-order valence-corrected chi connectivity index (χ3v) is 5.14. The van der Waals surface area contributed by atoms with Crippen molar-refractivity contribution < 1.29 is 14.7 Å². The zero-order chi connectivity index (χ0) is 16.0. The van der Waals surface area contributed by atoms with Crippen molar-refractivity contribution in [2.45, 2.75) is 71.9 Å². The lowest BCUT2D eigenvalue weighted by Gasteiger charge is -2.40. The molecule has 5 nitrogen and oxygen atoms in total. The van der Waals surface area contributed by atoms with Crippen LogP contribution in [0.15, 0.2) is 0 Å². The standard InChI is InChI=1S/C16H30N2O3/c1-5-13(6-2)17-14(19)12(4)18-10-8-16(7-3,9-11-18)15(20)21/h12-13H,5-11H2,1-4H3,(H,17,19)(H,20,21). The van der Waals surface area contributed by atoms with Crippen LogP contribution in [0.5, 0.6) is 0 Å². The Balaban J connectivity index is 2.57. The van der Waals surface area contributed by atoms with Crippen LogP contribution in [0.2, 0.25) is 0 Å². The predicted octanol–water partition coefficient (Wildman–Crippen LogP) is 2.26. The lowest BCUT2D eigenvalue weighted by Crippen LogP contribution is -2.53. The number of amides is 1. The molecule has 122 valence electrons. The van der Waals surface area contributed by atoms with E-state index in [-0.39, 0.29) is 18.0 Å². The number of likely N-dealkylation sites (tertiary alicyclic amines) is 1. The van der Waals surface area contributed by atoms with Gasteiger partial charge in [0.15, 0.2) is 0 Å². The van der Waals surface area contributed by atoms with Crippen molar-refractivity contribution >= 4 is 11.9 Å². The van der Waals surface area contributed by atoms with E-state index in [9.17, 15) is 14.7 Å². The Morgan fingerprint density at radius 2 is 1.71 bits per heavy atom. The van der Waals surface area contributed by atoms with Gasteiger partial charge in [0.25, 0.3) is 0 Å². The molecule has 5 heteroatoms. The molecule has 0 spiro atoms. The van der Waals surface area contributed by atoms with Gasteiger partial charge in [0, 0.05) is 19.1 Å². The molecule has 2 N–H and O–H groups in total. The fourth-order valence-electron chi connectivity index (χ4n) is 3.04. The molecule has 21 heavy (non-hydrogen) atoms. The molecule has 0 aromatic rings. The number of carboxylic acid groups (broad SMARTS) is 1. The number of carboxylic acids is 1. The molecule has 1 aliphatic heterocycles. The number of carbonyl (C=O) groups excluding carboxylic acids is 1. The van der Waals surface area contributed by atoms with E-state index in [0.29, 0.717) is 32.4 Å². The Kier molecular flexibility index (Phi) is 6.65. The molecule has 1 amide bonds. The van der Waals surface area contributed by atoms with Crippen LogP contribution in [0.4, 0.5) is 0 Å². The number of rotatable bonds is 7. The number of aliphatic carboxylic acids is 1. The second-order valence-electron chi connectivity index (χ2n) is 6.17. The fourth-order valence-corrected chi connectivity index (χ4v) is 3.04. The maximum Gasteiger partial charge on any atom is 0.309 e. The van der Waals surface area contributed by atoms with Gasteiger partial charge in [0.2, 0.25) is 5.91 Å². The van der Waals surface area contributed by atoms with E-state index < -0.39 is 11.4 Å². The summed E-state index contributed by atoms with van der Waals surface area (Å²) in [6.07, 6.45) is 3.78. The predicted molar refractivity (Wildman–Crippen MR) is 83.1 cm³/mol. The first-order valence-electron chi connectivity index (χ1n) is 8.18. The smallest absolute Gasteiger partial charge is 0.309 e. The van der Waals surface area contributed by atoms with E-state index in [1.54, 1.807) is 0 Å². The molecule has 1 unspecified atom stereocenters. The quantitative estimate of drug-likeness (QED) is 0.756. The Labute approximate surface area is 128 Å². The van der Waals surface area contributed by atoms with E-state index in [2.05, 4.69) is 24.1 Å². The Morgan fingerprint density at radius 1 is 1.19 bits per heavy atom. The third kappa shape index (κ3) is 4.19. The number of nitrogens with zero attached hydrogens (tertiary/aromatic N) is 1. The average molecular weight is 298 g/mol. The van der Waals surface area contributed by atoms with Gasteiger partial charge in [0.05, 0.1) is 11.5 Å². The van der Waals surface area contributed by atoms with E-state index in [1.807, 2.05) is 13.8 Å². The summed E-state index contributed by atoms with van der Waals surface area (Å²) in [6, 6.07) is 0.0488. The molecule has 1 fully saturated rings. The largest absolute Gasteiger partial charge is 0.481 e. The SMILES string of the molecule is CCC(CC)NC(=O)C(C)N1CCC(CC)(C(=O)O)CC1. The molecule has 0 aromatic heterocycles. The summed E-state index contributed by atoms with van der Waals surface area (Å²) in [5, 5.41) is 12.5. The molecule has 1 aliphatic rings. The summed E-state index contributed by atoms with van der Waals surface area (Å²) in [4.78, 5) is 25.8. The van der Waals surface area contributed by atoms with Crippen LogP contribution < -0.4 is 5.32 Å². The van der Waals surface area contributed by atoms with Crippen LogP contribution in [0.25, 0.3) is 0 Å². The van der Waals surface area contributed by atoms with Crippen molar-refractivity contribution in [3.8, 4) is 0 Å². The van der Waals surface area contributed by atoms with Gasteiger partial charge < -0.3 is 10.4 Å². The van der Waals surface area contributed by atoms with E-state index in [1.165, 1.54) is 0 Å². The van der Waals surface area contributed by atoms with Crippen LogP contribution >= 0.6 is 0 Å². The first-order chi connectivity index (χ1) is 9.90. The molecule has 1 atom stereocenters. The van der Waals surface area contributed by atoms with Crippen molar-refractivity contribution in [1.82, 2.24) is 10.2 Å². The van der Waals surface area contributed by atoms with E-state index >= 15 is 0 Å². The minimum atomic E-state index is -0.696. The zero-order valence-corrected chi connectivity index (χ0v) is 13.8. The lowest BCUT2D eigenvalue weighted by molar-refractivity contribution is -0.153. The number of piperidine rings is 1. The fraction of sp³-hybridized carbons (Fsp3) is 0.875. The minimum Gasteiger partial charge on any atom is -0.481 e. The van der Waals surface area contributed by atoms with Crippen molar-refractivity contribution in [1.29, 1.82) is 0 Å². The Morgan fingerprint density at radius 3 is 2.10 bits per heavy atom. The van der Waals surface area contributed by atoms with Crippen LogP contribution in [-0.2, 0) is 9.59 Å². The van der Waals surface area contributed by atoms with Gasteiger partial charge in [0.1, 0.15) is 0 Å². The van der Waals surface area contributed by atoms with Crippen molar-refractivity contribution in [2.24, 2.45) is 5.41 Å². The van der Waals surface area contributed by atoms with Crippen LogP contribution in [0.3, 0.4) is 0 Å². The number of hydrogen-bond donors (Lipinski definition) is 2. The molecule has 0 aromatic carbocycles. The lowest BCUT2D eigenvalue weighted by atomic mass is 9.76. The summed E-state index contributed by atoms with van der Waals surface area (Å²) in [7, 11) is 0.